The Bertz CT molecular complexity index is 384. The minimum atomic E-state index is 0.386. The molecule has 2 rings (SSSR count). The monoisotopic (exact) mass is 199 g/mol. The van der Waals surface area contributed by atoms with Crippen molar-refractivity contribution < 1.29 is 0 Å². The summed E-state index contributed by atoms with van der Waals surface area (Å²) >= 11 is 0. The third kappa shape index (κ3) is 2.50. The van der Waals surface area contributed by atoms with Gasteiger partial charge in [0.2, 0.25) is 0 Å². The maximum atomic E-state index is 3.51. The molecule has 0 saturated heterocycles. The first-order valence-electron chi connectivity index (χ1n) is 5.44. The first-order chi connectivity index (χ1) is 7.25. The highest BCUT2D eigenvalue weighted by Crippen LogP contribution is 2.17. The quantitative estimate of drug-likeness (QED) is 0.785. The Kier molecular flexibility index (Phi) is 2.91. The van der Waals surface area contributed by atoms with E-state index in [1.165, 1.54) is 16.8 Å². The number of hydrogen-bond acceptors (Lipinski definition) is 1. The molecule has 0 saturated carbocycles. The molecule has 1 unspecified atom stereocenters. The van der Waals surface area contributed by atoms with Crippen molar-refractivity contribution in [3.8, 4) is 0 Å². The molecule has 0 heterocycles. The van der Waals surface area contributed by atoms with Gasteiger partial charge in [-0.15, -0.1) is 0 Å². The average Bonchev–Trinajstić information content (AvgIpc) is 2.71. The topological polar surface area (TPSA) is 12.0 Å². The van der Waals surface area contributed by atoms with Crippen LogP contribution in [-0.2, 0) is 0 Å². The fourth-order valence-electron chi connectivity index (χ4n) is 1.77. The van der Waals surface area contributed by atoms with Crippen molar-refractivity contribution in [1.82, 2.24) is 5.32 Å². The Hall–Kier alpha value is -1.50. The van der Waals surface area contributed by atoms with Crippen LogP contribution in [0.3, 0.4) is 0 Å². The van der Waals surface area contributed by atoms with Crippen molar-refractivity contribution in [1.29, 1.82) is 0 Å². The molecule has 1 aliphatic carbocycles. The third-order valence-electron chi connectivity index (χ3n) is 2.75. The molecule has 0 radical (unpaired) electrons. The van der Waals surface area contributed by atoms with Crippen LogP contribution in [-0.4, -0.2) is 0 Å². The second-order valence-electron chi connectivity index (χ2n) is 4.10. The van der Waals surface area contributed by atoms with E-state index in [4.69, 9.17) is 0 Å². The Balaban J connectivity index is 2.01. The van der Waals surface area contributed by atoms with Gasteiger partial charge in [-0.1, -0.05) is 42.0 Å². The van der Waals surface area contributed by atoms with Crippen molar-refractivity contribution in [2.75, 3.05) is 0 Å². The normalized spacial score (nSPS) is 16.3. The average molecular weight is 199 g/mol. The minimum Gasteiger partial charge on any atom is -0.382 e. The molecular weight excluding hydrogens is 182 g/mol. The summed E-state index contributed by atoms with van der Waals surface area (Å²) in [4.78, 5) is 0. The predicted molar refractivity (Wildman–Crippen MR) is 64.6 cm³/mol. The minimum absolute atomic E-state index is 0.386. The lowest BCUT2D eigenvalue weighted by molar-refractivity contribution is 0.646. The summed E-state index contributed by atoms with van der Waals surface area (Å²) in [5, 5.41) is 3.51. The summed E-state index contributed by atoms with van der Waals surface area (Å²) in [6.45, 7) is 4.31. The van der Waals surface area contributed by atoms with Crippen LogP contribution in [0.4, 0.5) is 0 Å². The van der Waals surface area contributed by atoms with Gasteiger partial charge in [-0.05, 0) is 25.5 Å². The Morgan fingerprint density at radius 1 is 1.20 bits per heavy atom. The Labute approximate surface area is 91.5 Å². The van der Waals surface area contributed by atoms with Crippen LogP contribution in [0.2, 0.25) is 0 Å². The third-order valence-corrected chi connectivity index (χ3v) is 2.75. The molecule has 0 bridgehead atoms. The van der Waals surface area contributed by atoms with Gasteiger partial charge in [-0.25, -0.2) is 0 Å². The first kappa shape index (κ1) is 10.0. The van der Waals surface area contributed by atoms with Gasteiger partial charge < -0.3 is 5.32 Å². The van der Waals surface area contributed by atoms with Crippen LogP contribution >= 0.6 is 0 Å². The number of rotatable bonds is 3. The number of allylic oxidation sites excluding steroid dienone is 3. The van der Waals surface area contributed by atoms with E-state index in [9.17, 15) is 0 Å². The van der Waals surface area contributed by atoms with E-state index in [-0.39, 0.29) is 0 Å². The number of nitrogens with one attached hydrogen (secondary N) is 1. The van der Waals surface area contributed by atoms with Crippen molar-refractivity contribution >= 4 is 0 Å². The van der Waals surface area contributed by atoms with Gasteiger partial charge in [0, 0.05) is 18.2 Å². The van der Waals surface area contributed by atoms with Crippen LogP contribution in [0, 0.1) is 6.92 Å². The van der Waals surface area contributed by atoms with Gasteiger partial charge in [0.25, 0.3) is 0 Å². The van der Waals surface area contributed by atoms with E-state index in [0.717, 1.165) is 6.42 Å². The second-order valence-corrected chi connectivity index (χ2v) is 4.10. The van der Waals surface area contributed by atoms with E-state index in [0.29, 0.717) is 6.04 Å². The fraction of sp³-hybridized carbons (Fsp3) is 0.286. The highest BCUT2D eigenvalue weighted by molar-refractivity contribution is 5.27. The van der Waals surface area contributed by atoms with E-state index < -0.39 is 0 Å². The zero-order valence-electron chi connectivity index (χ0n) is 9.33. The summed E-state index contributed by atoms with van der Waals surface area (Å²) in [5.74, 6) is 0. The fourth-order valence-corrected chi connectivity index (χ4v) is 1.77. The smallest absolute Gasteiger partial charge is 0.0482 e. The molecule has 1 N–H and O–H groups in total. The lowest BCUT2D eigenvalue weighted by Crippen LogP contribution is -2.16. The molecule has 1 aromatic carbocycles. The van der Waals surface area contributed by atoms with Crippen molar-refractivity contribution in [2.24, 2.45) is 0 Å². The summed E-state index contributed by atoms with van der Waals surface area (Å²) in [6, 6.07) is 9.09. The molecule has 1 heteroatoms. The van der Waals surface area contributed by atoms with Crippen LogP contribution in [0.15, 0.2) is 48.2 Å². The lowest BCUT2D eigenvalue weighted by atomic mass is 10.1. The summed E-state index contributed by atoms with van der Waals surface area (Å²) in [5.41, 5.74) is 3.96. The Morgan fingerprint density at radius 2 is 1.93 bits per heavy atom. The molecule has 0 fully saturated rings. The second kappa shape index (κ2) is 4.35. The van der Waals surface area contributed by atoms with Crippen LogP contribution in [0.1, 0.15) is 30.5 Å². The Morgan fingerprint density at radius 3 is 2.53 bits per heavy atom. The molecule has 0 aliphatic heterocycles. The molecule has 0 aromatic heterocycles. The molecule has 1 aliphatic rings. The molecule has 15 heavy (non-hydrogen) atoms. The molecule has 0 amide bonds. The van der Waals surface area contributed by atoms with Crippen LogP contribution in [0.25, 0.3) is 0 Å². The van der Waals surface area contributed by atoms with Crippen molar-refractivity contribution in [2.45, 2.75) is 26.3 Å². The van der Waals surface area contributed by atoms with E-state index in [2.05, 4.69) is 61.7 Å². The zero-order valence-corrected chi connectivity index (χ0v) is 9.33. The summed E-state index contributed by atoms with van der Waals surface area (Å²) in [6.07, 6.45) is 7.45. The van der Waals surface area contributed by atoms with E-state index in [1.807, 2.05) is 0 Å². The molecule has 1 atom stereocenters. The van der Waals surface area contributed by atoms with E-state index >= 15 is 0 Å². The molecule has 1 aromatic rings. The molecule has 0 spiro atoms. The highest BCUT2D eigenvalue weighted by atomic mass is 14.9. The maximum Gasteiger partial charge on any atom is 0.0482 e. The molecule has 78 valence electrons. The molecule has 1 nitrogen and oxygen atoms in total. The first-order valence-corrected chi connectivity index (χ1v) is 5.44. The van der Waals surface area contributed by atoms with Gasteiger partial charge in [0.15, 0.2) is 0 Å². The van der Waals surface area contributed by atoms with Gasteiger partial charge in [0.1, 0.15) is 0 Å². The number of benzene rings is 1. The SMILES string of the molecule is Cc1ccc(C(C)NC2=CC=CC2)cc1. The largest absolute Gasteiger partial charge is 0.382 e. The van der Waals surface area contributed by atoms with Crippen LogP contribution in [0.5, 0.6) is 0 Å². The maximum absolute atomic E-state index is 3.51. The van der Waals surface area contributed by atoms with E-state index in [1.54, 1.807) is 0 Å². The van der Waals surface area contributed by atoms with Gasteiger partial charge in [-0.3, -0.25) is 0 Å². The summed E-state index contributed by atoms with van der Waals surface area (Å²) in [7, 11) is 0. The highest BCUT2D eigenvalue weighted by Gasteiger charge is 2.06. The van der Waals surface area contributed by atoms with Gasteiger partial charge in [0.05, 0.1) is 0 Å². The zero-order chi connectivity index (χ0) is 10.7. The number of hydrogen-bond donors (Lipinski definition) is 1. The van der Waals surface area contributed by atoms with Gasteiger partial charge in [-0.2, -0.15) is 0 Å². The van der Waals surface area contributed by atoms with Crippen molar-refractivity contribution in [3.63, 3.8) is 0 Å². The predicted octanol–water partition coefficient (Wildman–Crippen LogP) is 3.49. The molecular formula is C14H17N. The van der Waals surface area contributed by atoms with Crippen LogP contribution < -0.4 is 5.32 Å². The standard InChI is InChI=1S/C14H17N/c1-11-7-9-13(10-8-11)12(2)15-14-5-3-4-6-14/h3-5,7-10,12,15H,6H2,1-2H3. The summed E-state index contributed by atoms with van der Waals surface area (Å²) < 4.78 is 0. The van der Waals surface area contributed by atoms with Crippen molar-refractivity contribution in [3.05, 3.63) is 59.3 Å². The number of aryl methyl sites for hydroxylation is 1. The van der Waals surface area contributed by atoms with Gasteiger partial charge >= 0.3 is 0 Å². The lowest BCUT2D eigenvalue weighted by Gasteiger charge is -2.16.